The number of carbonyl (C=O) groups is 1. The van der Waals surface area contributed by atoms with Gasteiger partial charge >= 0.3 is 6.03 Å². The van der Waals surface area contributed by atoms with Gasteiger partial charge in [-0.25, -0.2) is 4.79 Å². The minimum absolute atomic E-state index is 0.0878. The lowest BCUT2D eigenvalue weighted by Gasteiger charge is -2.34. The lowest BCUT2D eigenvalue weighted by molar-refractivity contribution is 0.170. The van der Waals surface area contributed by atoms with Crippen molar-refractivity contribution in [1.82, 2.24) is 10.2 Å². The van der Waals surface area contributed by atoms with Crippen molar-refractivity contribution in [1.29, 1.82) is 0 Å². The van der Waals surface area contributed by atoms with E-state index >= 15 is 0 Å². The monoisotopic (exact) mass is 197 g/mol. The molecule has 0 aromatic carbocycles. The second-order valence-corrected chi connectivity index (χ2v) is 4.43. The molecular formula is C10H19N3O. The Hall–Kier alpha value is -0.770. The zero-order valence-corrected chi connectivity index (χ0v) is 8.54. The van der Waals surface area contributed by atoms with Gasteiger partial charge in [-0.1, -0.05) is 0 Å². The Balaban J connectivity index is 1.77. The van der Waals surface area contributed by atoms with Crippen molar-refractivity contribution in [3.8, 4) is 0 Å². The van der Waals surface area contributed by atoms with E-state index in [0.717, 1.165) is 38.8 Å². The molecule has 2 fully saturated rings. The van der Waals surface area contributed by atoms with Gasteiger partial charge in [0.2, 0.25) is 0 Å². The Labute approximate surface area is 84.8 Å². The van der Waals surface area contributed by atoms with Crippen molar-refractivity contribution < 1.29 is 4.79 Å². The average Bonchev–Trinajstić information content (AvgIpc) is 2.11. The van der Waals surface area contributed by atoms with Crippen LogP contribution in [0.4, 0.5) is 4.79 Å². The Bertz CT molecular complexity index is 215. The maximum atomic E-state index is 11.7. The second-order valence-electron chi connectivity index (χ2n) is 4.43. The van der Waals surface area contributed by atoms with Crippen LogP contribution in [0.3, 0.4) is 0 Å². The minimum atomic E-state index is 0.0878. The first-order valence-corrected chi connectivity index (χ1v) is 5.57. The van der Waals surface area contributed by atoms with E-state index in [1.807, 2.05) is 4.90 Å². The molecule has 1 saturated carbocycles. The van der Waals surface area contributed by atoms with E-state index in [0.29, 0.717) is 6.04 Å². The third kappa shape index (κ3) is 2.18. The summed E-state index contributed by atoms with van der Waals surface area (Å²) < 4.78 is 0. The molecule has 0 bridgehead atoms. The summed E-state index contributed by atoms with van der Waals surface area (Å²) in [5, 5.41) is 3.04. The van der Waals surface area contributed by atoms with E-state index in [-0.39, 0.29) is 12.1 Å². The zero-order valence-electron chi connectivity index (χ0n) is 8.54. The van der Waals surface area contributed by atoms with Crippen LogP contribution in [0.1, 0.15) is 32.1 Å². The highest BCUT2D eigenvalue weighted by Crippen LogP contribution is 2.18. The van der Waals surface area contributed by atoms with Gasteiger partial charge in [0.05, 0.1) is 0 Å². The average molecular weight is 197 g/mol. The Morgan fingerprint density at radius 2 is 2.07 bits per heavy atom. The fourth-order valence-corrected chi connectivity index (χ4v) is 2.01. The highest BCUT2D eigenvalue weighted by molar-refractivity contribution is 5.74. The third-order valence-electron chi connectivity index (χ3n) is 3.18. The van der Waals surface area contributed by atoms with E-state index in [9.17, 15) is 4.79 Å². The quantitative estimate of drug-likeness (QED) is 0.649. The molecule has 14 heavy (non-hydrogen) atoms. The maximum Gasteiger partial charge on any atom is 0.317 e. The summed E-state index contributed by atoms with van der Waals surface area (Å²) in [5.41, 5.74) is 5.82. The SMILES string of the molecule is NC1CCCN(C(=O)NC2CCC2)C1. The summed E-state index contributed by atoms with van der Waals surface area (Å²) >= 11 is 0. The van der Waals surface area contributed by atoms with Crippen molar-refractivity contribution in [2.24, 2.45) is 5.73 Å². The number of carbonyl (C=O) groups excluding carboxylic acids is 1. The van der Waals surface area contributed by atoms with Gasteiger partial charge in [-0.15, -0.1) is 0 Å². The summed E-state index contributed by atoms with van der Waals surface area (Å²) in [6.07, 6.45) is 5.63. The standard InChI is InChI=1S/C10H19N3O/c11-8-3-2-6-13(7-8)10(14)12-9-4-1-5-9/h8-9H,1-7,11H2,(H,12,14). The van der Waals surface area contributed by atoms with Crippen LogP contribution >= 0.6 is 0 Å². The molecule has 1 heterocycles. The first-order valence-electron chi connectivity index (χ1n) is 5.57. The molecule has 4 nitrogen and oxygen atoms in total. The summed E-state index contributed by atoms with van der Waals surface area (Å²) in [6.45, 7) is 1.59. The van der Waals surface area contributed by atoms with Gasteiger partial charge in [-0.2, -0.15) is 0 Å². The van der Waals surface area contributed by atoms with Crippen molar-refractivity contribution in [2.75, 3.05) is 13.1 Å². The number of hydrogen-bond donors (Lipinski definition) is 2. The molecule has 2 amide bonds. The van der Waals surface area contributed by atoms with Crippen molar-refractivity contribution in [3.63, 3.8) is 0 Å². The van der Waals surface area contributed by atoms with E-state index in [4.69, 9.17) is 5.73 Å². The number of amides is 2. The molecule has 80 valence electrons. The minimum Gasteiger partial charge on any atom is -0.335 e. The molecule has 0 radical (unpaired) electrons. The van der Waals surface area contributed by atoms with Gasteiger partial charge in [-0.3, -0.25) is 0 Å². The number of urea groups is 1. The Kier molecular flexibility index (Phi) is 2.91. The molecule has 0 aromatic rings. The van der Waals surface area contributed by atoms with E-state index in [2.05, 4.69) is 5.32 Å². The topological polar surface area (TPSA) is 58.4 Å². The number of likely N-dealkylation sites (tertiary alicyclic amines) is 1. The Morgan fingerprint density at radius 1 is 1.29 bits per heavy atom. The maximum absolute atomic E-state index is 11.7. The van der Waals surface area contributed by atoms with Crippen LogP contribution in [0, 0.1) is 0 Å². The molecular weight excluding hydrogens is 178 g/mol. The van der Waals surface area contributed by atoms with Crippen LogP contribution in [-0.4, -0.2) is 36.1 Å². The fourth-order valence-electron chi connectivity index (χ4n) is 2.01. The number of nitrogens with zero attached hydrogens (tertiary/aromatic N) is 1. The number of rotatable bonds is 1. The molecule has 0 aromatic heterocycles. The first kappa shape index (κ1) is 9.77. The van der Waals surface area contributed by atoms with Gasteiger partial charge in [0.1, 0.15) is 0 Å². The molecule has 1 aliphatic carbocycles. The normalized spacial score (nSPS) is 28.4. The molecule has 1 saturated heterocycles. The van der Waals surface area contributed by atoms with Gasteiger partial charge in [-0.05, 0) is 32.1 Å². The van der Waals surface area contributed by atoms with Crippen molar-refractivity contribution >= 4 is 6.03 Å². The zero-order chi connectivity index (χ0) is 9.97. The van der Waals surface area contributed by atoms with Crippen LogP contribution in [0.5, 0.6) is 0 Å². The number of hydrogen-bond acceptors (Lipinski definition) is 2. The van der Waals surface area contributed by atoms with E-state index in [1.165, 1.54) is 6.42 Å². The van der Waals surface area contributed by atoms with Crippen LogP contribution in [0.2, 0.25) is 0 Å². The lowest BCUT2D eigenvalue weighted by Crippen LogP contribution is -2.52. The van der Waals surface area contributed by atoms with Crippen molar-refractivity contribution in [2.45, 2.75) is 44.2 Å². The molecule has 1 atom stereocenters. The molecule has 0 spiro atoms. The van der Waals surface area contributed by atoms with Crippen molar-refractivity contribution in [3.05, 3.63) is 0 Å². The summed E-state index contributed by atoms with van der Waals surface area (Å²) in [4.78, 5) is 13.6. The van der Waals surface area contributed by atoms with Gasteiger partial charge < -0.3 is 16.0 Å². The molecule has 4 heteroatoms. The molecule has 2 rings (SSSR count). The number of nitrogens with one attached hydrogen (secondary N) is 1. The van der Waals surface area contributed by atoms with Gasteiger partial charge in [0, 0.05) is 25.2 Å². The predicted molar refractivity (Wildman–Crippen MR) is 55.0 cm³/mol. The van der Waals surface area contributed by atoms with E-state index in [1.54, 1.807) is 0 Å². The number of piperidine rings is 1. The summed E-state index contributed by atoms with van der Waals surface area (Å²) in [5.74, 6) is 0. The largest absolute Gasteiger partial charge is 0.335 e. The summed E-state index contributed by atoms with van der Waals surface area (Å²) in [6, 6.07) is 0.696. The Morgan fingerprint density at radius 3 is 2.64 bits per heavy atom. The lowest BCUT2D eigenvalue weighted by atomic mass is 9.93. The highest BCUT2D eigenvalue weighted by atomic mass is 16.2. The number of nitrogens with two attached hydrogens (primary N) is 1. The predicted octanol–water partition coefficient (Wildman–Crippen LogP) is 0.672. The van der Waals surface area contributed by atoms with Gasteiger partial charge in [0.15, 0.2) is 0 Å². The molecule has 1 aliphatic heterocycles. The van der Waals surface area contributed by atoms with Crippen LogP contribution in [0.25, 0.3) is 0 Å². The van der Waals surface area contributed by atoms with Gasteiger partial charge in [0.25, 0.3) is 0 Å². The van der Waals surface area contributed by atoms with Crippen LogP contribution in [0.15, 0.2) is 0 Å². The van der Waals surface area contributed by atoms with Crippen LogP contribution < -0.4 is 11.1 Å². The summed E-state index contributed by atoms with van der Waals surface area (Å²) in [7, 11) is 0. The third-order valence-corrected chi connectivity index (χ3v) is 3.18. The van der Waals surface area contributed by atoms with E-state index < -0.39 is 0 Å². The molecule has 3 N–H and O–H groups in total. The fraction of sp³-hybridized carbons (Fsp3) is 0.900. The smallest absolute Gasteiger partial charge is 0.317 e. The second kappa shape index (κ2) is 4.17. The van der Waals surface area contributed by atoms with Crippen LogP contribution in [-0.2, 0) is 0 Å². The molecule has 2 aliphatic rings. The highest BCUT2D eigenvalue weighted by Gasteiger charge is 2.25. The first-order chi connectivity index (χ1) is 6.75. The molecule has 1 unspecified atom stereocenters.